The van der Waals surface area contributed by atoms with E-state index in [1.54, 1.807) is 41.1 Å². The van der Waals surface area contributed by atoms with Gasteiger partial charge in [-0.2, -0.15) is 8.42 Å². The Balaban J connectivity index is 2.05. The molecule has 22 heavy (non-hydrogen) atoms. The van der Waals surface area contributed by atoms with Gasteiger partial charge in [0.25, 0.3) is 10.0 Å². The van der Waals surface area contributed by atoms with Crippen LogP contribution in [0.3, 0.4) is 0 Å². The monoisotopic (exact) mass is 312 g/mol. The summed E-state index contributed by atoms with van der Waals surface area (Å²) in [6.07, 6.45) is 1.61. The van der Waals surface area contributed by atoms with Crippen molar-refractivity contribution >= 4 is 32.0 Å². The number of para-hydroxylation sites is 2. The van der Waals surface area contributed by atoms with Crippen molar-refractivity contribution in [3.63, 3.8) is 0 Å². The molecule has 0 aliphatic carbocycles. The summed E-state index contributed by atoms with van der Waals surface area (Å²) < 4.78 is 28.7. The van der Waals surface area contributed by atoms with E-state index in [2.05, 4.69) is 10.3 Å². The van der Waals surface area contributed by atoms with Crippen molar-refractivity contribution in [3.8, 4) is 0 Å². The van der Waals surface area contributed by atoms with Gasteiger partial charge >= 0.3 is 0 Å². The van der Waals surface area contributed by atoms with E-state index in [1.807, 2.05) is 25.2 Å². The molecule has 7 heteroatoms. The van der Waals surface area contributed by atoms with Gasteiger partial charge in [-0.1, -0.05) is 35.5 Å². The molecule has 0 spiro atoms. The second-order valence-corrected chi connectivity index (χ2v) is 6.78. The van der Waals surface area contributed by atoms with E-state index in [0.717, 1.165) is 9.60 Å². The molecule has 0 N–H and O–H groups in total. The van der Waals surface area contributed by atoms with Gasteiger partial charge in [0, 0.05) is 24.1 Å². The van der Waals surface area contributed by atoms with Crippen LogP contribution in [0.1, 0.15) is 0 Å². The maximum atomic E-state index is 13.0. The fraction of sp³-hybridized carbons (Fsp3) is 0.0667. The van der Waals surface area contributed by atoms with E-state index >= 15 is 0 Å². The SMILES string of the molecule is Cn1cc(S(=O)(=O)n2nnc3ccccc32)c2ccccc21. The van der Waals surface area contributed by atoms with Gasteiger partial charge in [0.1, 0.15) is 15.9 Å². The van der Waals surface area contributed by atoms with Crippen LogP contribution in [0.5, 0.6) is 0 Å². The number of nitrogens with zero attached hydrogens (tertiary/aromatic N) is 4. The lowest BCUT2D eigenvalue weighted by atomic mass is 10.2. The lowest BCUT2D eigenvalue weighted by Crippen LogP contribution is -2.14. The van der Waals surface area contributed by atoms with Gasteiger partial charge in [0.2, 0.25) is 0 Å². The molecule has 4 rings (SSSR count). The molecule has 0 atom stereocenters. The first-order valence-corrected chi connectivity index (χ1v) is 8.13. The number of hydrogen-bond donors (Lipinski definition) is 0. The highest BCUT2D eigenvalue weighted by molar-refractivity contribution is 7.90. The molecule has 0 amide bonds. The Morgan fingerprint density at radius 2 is 1.64 bits per heavy atom. The Hall–Kier alpha value is -2.67. The highest BCUT2D eigenvalue weighted by Gasteiger charge is 2.25. The molecule has 0 aliphatic rings. The first kappa shape index (κ1) is 13.0. The van der Waals surface area contributed by atoms with Crippen LogP contribution in [-0.4, -0.2) is 27.4 Å². The lowest BCUT2D eigenvalue weighted by Gasteiger charge is -2.03. The van der Waals surface area contributed by atoms with Crippen LogP contribution in [0.4, 0.5) is 0 Å². The van der Waals surface area contributed by atoms with Gasteiger partial charge in [-0.25, -0.2) is 0 Å². The predicted octanol–water partition coefficient (Wildman–Crippen LogP) is 2.16. The highest BCUT2D eigenvalue weighted by atomic mass is 32.2. The summed E-state index contributed by atoms with van der Waals surface area (Å²) >= 11 is 0. The smallest absolute Gasteiger partial charge is 0.287 e. The summed E-state index contributed by atoms with van der Waals surface area (Å²) in [5, 5.41) is 8.42. The van der Waals surface area contributed by atoms with Crippen LogP contribution in [0.25, 0.3) is 21.9 Å². The van der Waals surface area contributed by atoms with Gasteiger partial charge in [0.05, 0.1) is 0 Å². The Morgan fingerprint density at radius 3 is 2.45 bits per heavy atom. The van der Waals surface area contributed by atoms with Crippen LogP contribution in [0.2, 0.25) is 0 Å². The van der Waals surface area contributed by atoms with Crippen molar-refractivity contribution in [1.29, 1.82) is 0 Å². The maximum Gasteiger partial charge on any atom is 0.287 e. The van der Waals surface area contributed by atoms with Crippen molar-refractivity contribution in [2.75, 3.05) is 0 Å². The Kier molecular flexibility index (Phi) is 2.61. The van der Waals surface area contributed by atoms with Crippen LogP contribution in [-0.2, 0) is 17.1 Å². The largest absolute Gasteiger partial charge is 0.349 e. The Morgan fingerprint density at radius 1 is 0.955 bits per heavy atom. The van der Waals surface area contributed by atoms with Crippen LogP contribution in [0, 0.1) is 0 Å². The molecule has 0 radical (unpaired) electrons. The number of aryl methyl sites for hydroxylation is 1. The molecule has 0 bridgehead atoms. The van der Waals surface area contributed by atoms with Gasteiger partial charge in [-0.3, -0.25) is 0 Å². The standard InChI is InChI=1S/C15H12N4O2S/c1-18-10-15(11-6-2-4-8-13(11)18)22(20,21)19-14-9-5-3-7-12(14)16-17-19/h2-10H,1H3. The quantitative estimate of drug-likeness (QED) is 0.569. The molecule has 4 aromatic rings. The van der Waals surface area contributed by atoms with Gasteiger partial charge < -0.3 is 4.57 Å². The fourth-order valence-electron chi connectivity index (χ4n) is 2.63. The summed E-state index contributed by atoms with van der Waals surface area (Å²) in [5.74, 6) is 0. The van der Waals surface area contributed by atoms with E-state index in [-0.39, 0.29) is 4.90 Å². The van der Waals surface area contributed by atoms with Crippen molar-refractivity contribution in [2.24, 2.45) is 7.05 Å². The van der Waals surface area contributed by atoms with E-state index in [0.29, 0.717) is 16.4 Å². The van der Waals surface area contributed by atoms with Crippen molar-refractivity contribution < 1.29 is 8.42 Å². The number of fused-ring (bicyclic) bond motifs is 2. The highest BCUT2D eigenvalue weighted by Crippen LogP contribution is 2.27. The molecule has 0 fully saturated rings. The second kappa shape index (κ2) is 4.41. The zero-order chi connectivity index (χ0) is 15.3. The third-order valence-electron chi connectivity index (χ3n) is 3.69. The molecule has 0 aliphatic heterocycles. The zero-order valence-electron chi connectivity index (χ0n) is 11.7. The number of hydrogen-bond acceptors (Lipinski definition) is 4. The average Bonchev–Trinajstić information content (AvgIpc) is 3.10. The maximum absolute atomic E-state index is 13.0. The molecule has 0 saturated heterocycles. The minimum absolute atomic E-state index is 0.223. The van der Waals surface area contributed by atoms with Crippen LogP contribution in [0.15, 0.2) is 59.6 Å². The molecule has 110 valence electrons. The minimum Gasteiger partial charge on any atom is -0.349 e. The summed E-state index contributed by atoms with van der Waals surface area (Å²) in [6, 6.07) is 14.4. The molecule has 2 heterocycles. The Labute approximate surface area is 126 Å². The zero-order valence-corrected chi connectivity index (χ0v) is 12.5. The predicted molar refractivity (Wildman–Crippen MR) is 83.0 cm³/mol. The number of rotatable bonds is 2. The van der Waals surface area contributed by atoms with Gasteiger partial charge in [0.15, 0.2) is 0 Å². The molecular weight excluding hydrogens is 300 g/mol. The lowest BCUT2D eigenvalue weighted by molar-refractivity contribution is 0.580. The molecule has 0 unspecified atom stereocenters. The summed E-state index contributed by atoms with van der Waals surface area (Å²) in [7, 11) is -1.99. The third-order valence-corrected chi connectivity index (χ3v) is 5.29. The minimum atomic E-state index is -3.81. The number of aromatic nitrogens is 4. The summed E-state index contributed by atoms with van der Waals surface area (Å²) in [6.45, 7) is 0. The van der Waals surface area contributed by atoms with E-state index < -0.39 is 10.0 Å². The van der Waals surface area contributed by atoms with Crippen molar-refractivity contribution in [2.45, 2.75) is 4.90 Å². The van der Waals surface area contributed by atoms with E-state index in [4.69, 9.17) is 0 Å². The normalized spacial score (nSPS) is 12.2. The van der Waals surface area contributed by atoms with E-state index in [9.17, 15) is 8.42 Å². The molecular formula is C15H12N4O2S. The van der Waals surface area contributed by atoms with Gasteiger partial charge in [-0.05, 0) is 18.2 Å². The third kappa shape index (κ3) is 1.69. The summed E-state index contributed by atoms with van der Waals surface area (Å²) in [5.41, 5.74) is 1.87. The number of benzene rings is 2. The average molecular weight is 312 g/mol. The van der Waals surface area contributed by atoms with Crippen LogP contribution >= 0.6 is 0 Å². The van der Waals surface area contributed by atoms with Crippen molar-refractivity contribution in [1.82, 2.24) is 19.0 Å². The fourth-order valence-corrected chi connectivity index (χ4v) is 4.10. The molecule has 0 saturated carbocycles. The topological polar surface area (TPSA) is 69.8 Å². The first-order valence-electron chi connectivity index (χ1n) is 6.69. The van der Waals surface area contributed by atoms with Crippen LogP contribution < -0.4 is 0 Å². The van der Waals surface area contributed by atoms with Crippen molar-refractivity contribution in [3.05, 3.63) is 54.7 Å². The molecule has 2 aromatic heterocycles. The van der Waals surface area contributed by atoms with E-state index in [1.165, 1.54) is 0 Å². The Bertz CT molecular complexity index is 1110. The van der Waals surface area contributed by atoms with Gasteiger partial charge in [-0.15, -0.1) is 9.19 Å². The second-order valence-electron chi connectivity index (χ2n) is 5.05. The molecule has 2 aromatic carbocycles. The summed E-state index contributed by atoms with van der Waals surface area (Å²) in [4.78, 5) is 0.223. The molecule has 6 nitrogen and oxygen atoms in total. The first-order chi connectivity index (χ1) is 10.6.